The molecule has 41 heavy (non-hydrogen) atoms. The molecule has 1 aliphatic carbocycles. The van der Waals surface area contributed by atoms with E-state index in [0.717, 1.165) is 46.9 Å². The summed E-state index contributed by atoms with van der Waals surface area (Å²) in [4.78, 5) is 14.5. The number of hydrogen-bond donors (Lipinski definition) is 0. The number of hydrogen-bond acceptors (Lipinski definition) is 6. The van der Waals surface area contributed by atoms with Crippen LogP contribution in [0.1, 0.15) is 72.8 Å². The minimum Gasteiger partial charge on any atom is -0.362 e. The smallest absolute Gasteiger partial charge is 0.184 e. The Morgan fingerprint density at radius 3 is 2.49 bits per heavy atom. The van der Waals surface area contributed by atoms with Crippen LogP contribution in [-0.4, -0.2) is 41.0 Å². The fourth-order valence-electron chi connectivity index (χ4n) is 6.03. The van der Waals surface area contributed by atoms with Gasteiger partial charge in [-0.2, -0.15) is 5.10 Å². The van der Waals surface area contributed by atoms with Crippen LogP contribution >= 0.6 is 0 Å². The maximum absolute atomic E-state index is 14.5. The Bertz CT molecular complexity index is 1520. The van der Waals surface area contributed by atoms with Crippen molar-refractivity contribution in [1.82, 2.24) is 9.78 Å². The number of carbonyl (C=O) groups is 1. The molecule has 8 heteroatoms. The van der Waals surface area contributed by atoms with Gasteiger partial charge in [0, 0.05) is 17.6 Å². The molecule has 7 nitrogen and oxygen atoms in total. The summed E-state index contributed by atoms with van der Waals surface area (Å²) in [6.07, 6.45) is 5.36. The lowest BCUT2D eigenvalue weighted by Gasteiger charge is -2.27. The summed E-state index contributed by atoms with van der Waals surface area (Å²) in [5.74, 6) is -1.09. The van der Waals surface area contributed by atoms with Crippen molar-refractivity contribution in [3.63, 3.8) is 0 Å². The SMILES string of the molecule is O=C(C(c1ccc(F)cc1)c1cc2cnn(C3CCCCO3)c2cc1C1OCCO1)C1(OCc2ccccc2)CC1. The zero-order valence-corrected chi connectivity index (χ0v) is 22.8. The van der Waals surface area contributed by atoms with Crippen LogP contribution in [0.15, 0.2) is 72.9 Å². The van der Waals surface area contributed by atoms with Crippen molar-refractivity contribution in [2.75, 3.05) is 19.8 Å². The van der Waals surface area contributed by atoms with Crippen molar-refractivity contribution in [3.05, 3.63) is 101 Å². The van der Waals surface area contributed by atoms with Crippen LogP contribution in [0.3, 0.4) is 0 Å². The predicted molar refractivity (Wildman–Crippen MR) is 150 cm³/mol. The first-order valence-electron chi connectivity index (χ1n) is 14.4. The highest BCUT2D eigenvalue weighted by atomic mass is 19.1. The molecule has 2 unspecified atom stereocenters. The number of rotatable bonds is 9. The zero-order chi connectivity index (χ0) is 27.8. The van der Waals surface area contributed by atoms with Crippen molar-refractivity contribution >= 4 is 16.7 Å². The first kappa shape index (κ1) is 26.5. The normalized spacial score (nSPS) is 21.2. The third-order valence-corrected chi connectivity index (χ3v) is 8.39. The van der Waals surface area contributed by atoms with Gasteiger partial charge in [0.15, 0.2) is 18.3 Å². The molecule has 0 amide bonds. The Hall–Kier alpha value is -3.43. The molecule has 4 aromatic rings. The van der Waals surface area contributed by atoms with Gasteiger partial charge in [0.1, 0.15) is 11.4 Å². The molecule has 3 aliphatic rings. The van der Waals surface area contributed by atoms with Crippen LogP contribution in [0.25, 0.3) is 10.9 Å². The lowest BCUT2D eigenvalue weighted by atomic mass is 9.81. The minimum atomic E-state index is -0.904. The second-order valence-electron chi connectivity index (χ2n) is 11.1. The summed E-state index contributed by atoms with van der Waals surface area (Å²) >= 11 is 0. The lowest BCUT2D eigenvalue weighted by Crippen LogP contribution is -2.33. The van der Waals surface area contributed by atoms with E-state index in [-0.39, 0.29) is 17.8 Å². The Kier molecular flexibility index (Phi) is 7.16. The molecule has 0 spiro atoms. The van der Waals surface area contributed by atoms with Gasteiger partial charge in [-0.15, -0.1) is 0 Å². The number of halogens is 1. The molecule has 2 saturated heterocycles. The van der Waals surface area contributed by atoms with Crippen molar-refractivity contribution in [1.29, 1.82) is 0 Å². The second-order valence-corrected chi connectivity index (χ2v) is 11.1. The summed E-state index contributed by atoms with van der Waals surface area (Å²) in [6, 6.07) is 20.1. The van der Waals surface area contributed by atoms with Gasteiger partial charge >= 0.3 is 0 Å². The molecule has 3 aromatic carbocycles. The number of nitrogens with zero attached hydrogens (tertiary/aromatic N) is 2. The molecule has 0 radical (unpaired) electrons. The number of benzene rings is 3. The quantitative estimate of drug-likeness (QED) is 0.239. The summed E-state index contributed by atoms with van der Waals surface area (Å²) in [7, 11) is 0. The first-order chi connectivity index (χ1) is 20.1. The highest BCUT2D eigenvalue weighted by Gasteiger charge is 2.54. The van der Waals surface area contributed by atoms with E-state index in [9.17, 15) is 9.18 Å². The molecule has 3 fully saturated rings. The van der Waals surface area contributed by atoms with E-state index in [1.54, 1.807) is 12.1 Å². The summed E-state index contributed by atoms with van der Waals surface area (Å²) in [5, 5.41) is 5.59. The number of aromatic nitrogens is 2. The third kappa shape index (κ3) is 5.21. The fraction of sp³-hybridized carbons (Fsp3) is 0.394. The van der Waals surface area contributed by atoms with E-state index < -0.39 is 17.8 Å². The van der Waals surface area contributed by atoms with Gasteiger partial charge in [-0.1, -0.05) is 42.5 Å². The first-order valence-corrected chi connectivity index (χ1v) is 14.4. The van der Waals surface area contributed by atoms with Gasteiger partial charge < -0.3 is 18.9 Å². The van der Waals surface area contributed by atoms with Gasteiger partial charge in [0.25, 0.3) is 0 Å². The Morgan fingerprint density at radius 2 is 1.78 bits per heavy atom. The number of ether oxygens (including phenoxy) is 4. The molecule has 1 aromatic heterocycles. The molecule has 3 heterocycles. The lowest BCUT2D eigenvalue weighted by molar-refractivity contribution is -0.135. The van der Waals surface area contributed by atoms with Crippen LogP contribution in [0, 0.1) is 5.82 Å². The predicted octanol–water partition coefficient (Wildman–Crippen LogP) is 6.37. The van der Waals surface area contributed by atoms with Gasteiger partial charge in [-0.05, 0) is 73.1 Å². The van der Waals surface area contributed by atoms with E-state index in [1.807, 2.05) is 53.3 Å². The van der Waals surface area contributed by atoms with Crippen molar-refractivity contribution in [2.24, 2.45) is 0 Å². The number of Topliss-reactive ketones (excluding diaryl/α,β-unsaturated/α-hetero) is 1. The molecular weight excluding hydrogens is 523 g/mol. The average molecular weight is 557 g/mol. The van der Waals surface area contributed by atoms with Crippen molar-refractivity contribution in [2.45, 2.75) is 62.7 Å². The largest absolute Gasteiger partial charge is 0.362 e. The minimum absolute atomic E-state index is 0.0401. The van der Waals surface area contributed by atoms with Crippen molar-refractivity contribution in [3.8, 4) is 0 Å². The van der Waals surface area contributed by atoms with E-state index in [1.165, 1.54) is 12.1 Å². The van der Waals surface area contributed by atoms with Gasteiger partial charge in [-0.3, -0.25) is 4.79 Å². The Morgan fingerprint density at radius 1 is 1.00 bits per heavy atom. The van der Waals surface area contributed by atoms with E-state index in [4.69, 9.17) is 24.0 Å². The standard InChI is InChI=1S/C33H33FN2O5/c34-25-11-9-23(10-12-25)30(31(37)33(13-14-33)41-21-22-6-2-1-3-7-22)26-18-24-20-35-36(29-8-4-5-15-38-29)28(24)19-27(26)32-39-16-17-40-32/h1-3,6-7,9-12,18-20,29-30,32H,4-5,8,13-17,21H2. The zero-order valence-electron chi connectivity index (χ0n) is 22.8. The molecule has 7 rings (SSSR count). The van der Waals surface area contributed by atoms with E-state index >= 15 is 0 Å². The van der Waals surface area contributed by atoms with Gasteiger partial charge in [0.2, 0.25) is 0 Å². The highest BCUT2D eigenvalue weighted by molar-refractivity contribution is 5.99. The van der Waals surface area contributed by atoms with Crippen molar-refractivity contribution < 1.29 is 28.1 Å². The Balaban J connectivity index is 1.32. The molecular formula is C33H33FN2O5. The summed E-state index contributed by atoms with van der Waals surface area (Å²) in [5.41, 5.74) is 3.25. The van der Waals surface area contributed by atoms with Crippen LogP contribution in [0.4, 0.5) is 4.39 Å². The number of carbonyl (C=O) groups excluding carboxylic acids is 1. The topological polar surface area (TPSA) is 71.8 Å². The monoisotopic (exact) mass is 556 g/mol. The van der Waals surface area contributed by atoms with Gasteiger partial charge in [-0.25, -0.2) is 9.07 Å². The molecule has 2 atom stereocenters. The molecule has 0 N–H and O–H groups in total. The fourth-order valence-corrected chi connectivity index (χ4v) is 6.03. The maximum atomic E-state index is 14.5. The van der Waals surface area contributed by atoms with E-state index in [0.29, 0.717) is 44.8 Å². The molecule has 2 aliphatic heterocycles. The summed E-state index contributed by atoms with van der Waals surface area (Å²) < 4.78 is 40.4. The summed E-state index contributed by atoms with van der Waals surface area (Å²) in [6.45, 7) is 1.98. The third-order valence-electron chi connectivity index (χ3n) is 8.39. The van der Waals surface area contributed by atoms with Gasteiger partial charge in [0.05, 0.1) is 37.5 Å². The average Bonchev–Trinajstić information content (AvgIpc) is 3.40. The second kappa shape index (κ2) is 11.1. The number of fused-ring (bicyclic) bond motifs is 1. The van der Waals surface area contributed by atoms with E-state index in [2.05, 4.69) is 0 Å². The molecule has 212 valence electrons. The van der Waals surface area contributed by atoms with Crippen LogP contribution in [0.5, 0.6) is 0 Å². The molecule has 0 bridgehead atoms. The Labute approximate surface area is 238 Å². The highest BCUT2D eigenvalue weighted by Crippen LogP contribution is 2.48. The van der Waals surface area contributed by atoms with Crippen LogP contribution in [0.2, 0.25) is 0 Å². The molecule has 1 saturated carbocycles. The van der Waals surface area contributed by atoms with Crippen LogP contribution < -0.4 is 0 Å². The maximum Gasteiger partial charge on any atom is 0.184 e. The van der Waals surface area contributed by atoms with Crippen LogP contribution in [-0.2, 0) is 30.3 Å². The number of ketones is 1.